The molecule has 0 spiro atoms. The van der Waals surface area contributed by atoms with Crippen molar-refractivity contribution >= 4 is 11.8 Å². The van der Waals surface area contributed by atoms with Crippen molar-refractivity contribution in [2.24, 2.45) is 11.8 Å². The van der Waals surface area contributed by atoms with Crippen molar-refractivity contribution in [1.29, 1.82) is 0 Å². The second-order valence-electron chi connectivity index (χ2n) is 9.99. The predicted octanol–water partition coefficient (Wildman–Crippen LogP) is 1.98. The summed E-state index contributed by atoms with van der Waals surface area (Å²) in [5.41, 5.74) is 1.38. The summed E-state index contributed by atoms with van der Waals surface area (Å²) in [5, 5.41) is 0. The number of aromatic nitrogens is 2. The summed E-state index contributed by atoms with van der Waals surface area (Å²) in [5.74, 6) is 1.41. The maximum absolute atomic E-state index is 13.0. The fourth-order valence-electron chi connectivity index (χ4n) is 5.74. The molecule has 2 aliphatic heterocycles. The molecule has 0 unspecified atom stereocenters. The monoisotopic (exact) mass is 442 g/mol. The lowest BCUT2D eigenvalue weighted by Gasteiger charge is -2.34. The third kappa shape index (κ3) is 4.09. The molecule has 0 bridgehead atoms. The molecule has 2 amide bonds. The number of H-pyrrole nitrogens is 1. The maximum atomic E-state index is 13.0. The number of likely N-dealkylation sites (tertiary alicyclic amines) is 1. The van der Waals surface area contributed by atoms with Crippen molar-refractivity contribution in [3.63, 3.8) is 0 Å². The molecule has 8 nitrogen and oxygen atoms in total. The average Bonchev–Trinajstić information content (AvgIpc) is 3.27. The number of hydrogen-bond donors (Lipinski definition) is 1. The van der Waals surface area contributed by atoms with Gasteiger partial charge in [0.05, 0.1) is 18.3 Å². The maximum Gasteiger partial charge on any atom is 0.254 e. The van der Waals surface area contributed by atoms with Crippen molar-refractivity contribution < 1.29 is 14.3 Å². The largest absolute Gasteiger partial charge is 0.381 e. The summed E-state index contributed by atoms with van der Waals surface area (Å²) in [6.45, 7) is 2.35. The lowest BCUT2D eigenvalue weighted by atomic mass is 9.84. The van der Waals surface area contributed by atoms with Gasteiger partial charge < -0.3 is 19.5 Å². The SMILES string of the molecule is COC1CCC(C(=O)N2CC[C@H](c3nc4c(c(=O)[nH]3)CCN(C(=O)C3CCC3)C4)C2)CC1. The van der Waals surface area contributed by atoms with Gasteiger partial charge in [0.2, 0.25) is 11.8 Å². The molecule has 1 saturated heterocycles. The van der Waals surface area contributed by atoms with Crippen molar-refractivity contribution in [2.45, 2.75) is 76.4 Å². The van der Waals surface area contributed by atoms with Crippen LogP contribution in [0.5, 0.6) is 0 Å². The van der Waals surface area contributed by atoms with Crippen LogP contribution in [0.4, 0.5) is 0 Å². The summed E-state index contributed by atoms with van der Waals surface area (Å²) in [4.78, 5) is 50.1. The van der Waals surface area contributed by atoms with E-state index in [1.807, 2.05) is 9.80 Å². The first-order valence-electron chi connectivity index (χ1n) is 12.3. The molecule has 32 heavy (non-hydrogen) atoms. The van der Waals surface area contributed by atoms with Crippen LogP contribution < -0.4 is 5.56 Å². The smallest absolute Gasteiger partial charge is 0.254 e. The highest BCUT2D eigenvalue weighted by atomic mass is 16.5. The molecule has 3 heterocycles. The van der Waals surface area contributed by atoms with Crippen LogP contribution >= 0.6 is 0 Å². The molecule has 1 aromatic rings. The lowest BCUT2D eigenvalue weighted by molar-refractivity contribution is -0.139. The standard InChI is InChI=1S/C24H34N4O4/c1-32-18-7-5-16(6-8-18)24(31)27-11-9-17(13-27)21-25-20-14-28(23(30)15-3-2-4-15)12-10-19(20)22(29)26-21/h15-18H,2-14H2,1H3,(H,25,26,29)/t16?,17-,18?/m0/s1. The number of hydrogen-bond acceptors (Lipinski definition) is 5. The lowest BCUT2D eigenvalue weighted by Crippen LogP contribution is -2.43. The predicted molar refractivity (Wildman–Crippen MR) is 118 cm³/mol. The van der Waals surface area contributed by atoms with Gasteiger partial charge in [0.1, 0.15) is 5.82 Å². The molecule has 3 fully saturated rings. The summed E-state index contributed by atoms with van der Waals surface area (Å²) < 4.78 is 5.43. The molecule has 8 heteroatoms. The number of carbonyl (C=O) groups excluding carboxylic acids is 2. The number of fused-ring (bicyclic) bond motifs is 1. The summed E-state index contributed by atoms with van der Waals surface area (Å²) in [6.07, 6.45) is 8.42. The quantitative estimate of drug-likeness (QED) is 0.769. The van der Waals surface area contributed by atoms with E-state index < -0.39 is 0 Å². The second-order valence-corrected chi connectivity index (χ2v) is 9.99. The molecular formula is C24H34N4O4. The Morgan fingerprint density at radius 2 is 1.69 bits per heavy atom. The third-order valence-electron chi connectivity index (χ3n) is 8.10. The van der Waals surface area contributed by atoms with E-state index in [1.54, 1.807) is 7.11 Å². The number of amides is 2. The highest BCUT2D eigenvalue weighted by Crippen LogP contribution is 2.32. The first-order valence-corrected chi connectivity index (χ1v) is 12.3. The van der Waals surface area contributed by atoms with Crippen molar-refractivity contribution in [3.8, 4) is 0 Å². The zero-order valence-corrected chi connectivity index (χ0v) is 19.0. The van der Waals surface area contributed by atoms with Gasteiger partial charge in [-0.25, -0.2) is 4.98 Å². The van der Waals surface area contributed by atoms with Gasteiger partial charge in [0.15, 0.2) is 0 Å². The fourth-order valence-corrected chi connectivity index (χ4v) is 5.74. The highest BCUT2D eigenvalue weighted by molar-refractivity contribution is 5.80. The van der Waals surface area contributed by atoms with Crippen LogP contribution in [0.3, 0.4) is 0 Å². The Morgan fingerprint density at radius 3 is 2.38 bits per heavy atom. The van der Waals surface area contributed by atoms with Crippen LogP contribution in [0.2, 0.25) is 0 Å². The van der Waals surface area contributed by atoms with E-state index in [1.165, 1.54) is 0 Å². The van der Waals surface area contributed by atoms with E-state index >= 15 is 0 Å². The van der Waals surface area contributed by atoms with E-state index in [0.717, 1.165) is 57.1 Å². The Hall–Kier alpha value is -2.22. The van der Waals surface area contributed by atoms with Gasteiger partial charge in [-0.2, -0.15) is 0 Å². The number of aromatic amines is 1. The van der Waals surface area contributed by atoms with Crippen LogP contribution in [-0.4, -0.2) is 64.4 Å². The van der Waals surface area contributed by atoms with Gasteiger partial charge >= 0.3 is 0 Å². The number of nitrogens with zero attached hydrogens (tertiary/aromatic N) is 3. The molecule has 2 aliphatic carbocycles. The van der Waals surface area contributed by atoms with Crippen molar-refractivity contribution in [3.05, 3.63) is 27.4 Å². The first-order chi connectivity index (χ1) is 15.5. The zero-order valence-electron chi connectivity index (χ0n) is 19.0. The van der Waals surface area contributed by atoms with Crippen LogP contribution in [0, 0.1) is 11.8 Å². The minimum Gasteiger partial charge on any atom is -0.381 e. The van der Waals surface area contributed by atoms with E-state index in [9.17, 15) is 14.4 Å². The molecule has 4 aliphatic rings. The Labute approximate surface area is 188 Å². The second kappa shape index (κ2) is 8.96. The van der Waals surface area contributed by atoms with Gasteiger partial charge in [-0.05, 0) is 51.4 Å². The summed E-state index contributed by atoms with van der Waals surface area (Å²) >= 11 is 0. The van der Waals surface area contributed by atoms with Gasteiger partial charge in [0, 0.05) is 50.1 Å². The number of methoxy groups -OCH3 is 1. The van der Waals surface area contributed by atoms with Gasteiger partial charge in [0.25, 0.3) is 5.56 Å². The fraction of sp³-hybridized carbons (Fsp3) is 0.750. The highest BCUT2D eigenvalue weighted by Gasteiger charge is 2.36. The van der Waals surface area contributed by atoms with Crippen LogP contribution in [0.25, 0.3) is 0 Å². The number of rotatable bonds is 4. The minimum atomic E-state index is -0.0802. The van der Waals surface area contributed by atoms with Gasteiger partial charge in [-0.3, -0.25) is 14.4 Å². The summed E-state index contributed by atoms with van der Waals surface area (Å²) in [6, 6.07) is 0. The first kappa shape index (κ1) is 21.6. The zero-order chi connectivity index (χ0) is 22.2. The third-order valence-corrected chi connectivity index (χ3v) is 8.10. The molecule has 174 valence electrons. The van der Waals surface area contributed by atoms with Crippen LogP contribution in [-0.2, 0) is 27.3 Å². The molecule has 5 rings (SSSR count). The molecule has 1 aromatic heterocycles. The summed E-state index contributed by atoms with van der Waals surface area (Å²) in [7, 11) is 1.74. The molecule has 1 N–H and O–H groups in total. The molecular weight excluding hydrogens is 408 g/mol. The molecule has 1 atom stereocenters. The van der Waals surface area contributed by atoms with Crippen LogP contribution in [0.15, 0.2) is 4.79 Å². The number of nitrogens with one attached hydrogen (secondary N) is 1. The number of ether oxygens (including phenoxy) is 1. The Bertz CT molecular complexity index is 932. The van der Waals surface area contributed by atoms with E-state index in [2.05, 4.69) is 4.98 Å². The van der Waals surface area contributed by atoms with Crippen molar-refractivity contribution in [1.82, 2.24) is 19.8 Å². The van der Waals surface area contributed by atoms with Crippen LogP contribution in [0.1, 0.15) is 74.4 Å². The van der Waals surface area contributed by atoms with E-state index in [0.29, 0.717) is 44.0 Å². The Kier molecular flexibility index (Phi) is 6.05. The topological polar surface area (TPSA) is 95.6 Å². The Balaban J connectivity index is 1.25. The number of carbonyl (C=O) groups is 2. The minimum absolute atomic E-state index is 0.0463. The van der Waals surface area contributed by atoms with Gasteiger partial charge in [-0.15, -0.1) is 0 Å². The van der Waals surface area contributed by atoms with Crippen molar-refractivity contribution in [2.75, 3.05) is 26.7 Å². The Morgan fingerprint density at radius 1 is 0.969 bits per heavy atom. The molecule has 0 radical (unpaired) electrons. The van der Waals surface area contributed by atoms with E-state index in [-0.39, 0.29) is 41.2 Å². The normalized spacial score (nSPS) is 28.3. The average molecular weight is 443 g/mol. The van der Waals surface area contributed by atoms with E-state index in [4.69, 9.17) is 9.72 Å². The molecule has 0 aromatic carbocycles. The molecule has 2 saturated carbocycles. The van der Waals surface area contributed by atoms with Gasteiger partial charge in [-0.1, -0.05) is 6.42 Å².